The molecule has 0 radical (unpaired) electrons. The van der Waals surface area contributed by atoms with Crippen LogP contribution in [0, 0.1) is 5.92 Å². The monoisotopic (exact) mass is 816 g/mol. The van der Waals surface area contributed by atoms with Crippen molar-refractivity contribution in [2.75, 3.05) is 0 Å². The lowest BCUT2D eigenvalue weighted by molar-refractivity contribution is 0.354. The first kappa shape index (κ1) is 41.0. The molecule has 308 valence electrons. The van der Waals surface area contributed by atoms with Gasteiger partial charge in [-0.15, -0.1) is 0 Å². The molecule has 1 heterocycles. The lowest BCUT2D eigenvalue weighted by Crippen LogP contribution is -2.34. The van der Waals surface area contributed by atoms with Crippen LogP contribution in [0.2, 0.25) is 0 Å². The fourth-order valence-electron chi connectivity index (χ4n) is 9.71. The highest BCUT2D eigenvalue weighted by Gasteiger charge is 2.54. The van der Waals surface area contributed by atoms with Gasteiger partial charge < -0.3 is 9.47 Å². The lowest BCUT2D eigenvalue weighted by atomic mass is 9.63. The molecule has 2 heteroatoms. The Hall–Kier alpha value is -7.42. The Bertz CT molecular complexity index is 2920. The zero-order valence-corrected chi connectivity index (χ0v) is 36.2. The SMILES string of the molecule is C/C(=C\Cc1ccc2c(c1)Oc1c(ccc3c1C1C=CC=CC1C3(c1ccccc1)c1ccccc1)O2)c1ccccc1.C=Cc1ccc(-c2ccccc2)c2ccccc12.CC. The number of ether oxygens (including phenoxy) is 2. The van der Waals surface area contributed by atoms with Crippen molar-refractivity contribution in [3.8, 4) is 34.1 Å². The number of rotatable bonds is 7. The molecule has 2 unspecified atom stereocenters. The summed E-state index contributed by atoms with van der Waals surface area (Å²) in [5.74, 6) is 3.49. The molecular formula is C61H52O2. The fourth-order valence-corrected chi connectivity index (χ4v) is 9.71. The fraction of sp³-hybridized carbons (Fsp3) is 0.115. The second kappa shape index (κ2) is 18.3. The van der Waals surface area contributed by atoms with E-state index in [4.69, 9.17) is 9.47 Å². The number of fused-ring (bicyclic) bond motifs is 7. The molecule has 1 aliphatic heterocycles. The number of benzene rings is 8. The van der Waals surface area contributed by atoms with Gasteiger partial charge in [-0.2, -0.15) is 0 Å². The normalized spacial score (nSPS) is 16.0. The Kier molecular flexibility index (Phi) is 11.9. The van der Waals surface area contributed by atoms with Crippen molar-refractivity contribution in [1.82, 2.24) is 0 Å². The largest absolute Gasteiger partial charge is 0.450 e. The minimum absolute atomic E-state index is 0.153. The molecule has 0 aromatic heterocycles. The van der Waals surface area contributed by atoms with Crippen LogP contribution in [-0.2, 0) is 11.8 Å². The van der Waals surface area contributed by atoms with Gasteiger partial charge in [0.2, 0.25) is 0 Å². The Morgan fingerprint density at radius 1 is 0.587 bits per heavy atom. The van der Waals surface area contributed by atoms with Crippen molar-refractivity contribution in [3.05, 3.63) is 264 Å². The van der Waals surface area contributed by atoms with Gasteiger partial charge in [0.25, 0.3) is 0 Å². The maximum Gasteiger partial charge on any atom is 0.174 e. The van der Waals surface area contributed by atoms with E-state index < -0.39 is 0 Å². The van der Waals surface area contributed by atoms with Crippen molar-refractivity contribution in [3.63, 3.8) is 0 Å². The maximum atomic E-state index is 6.86. The van der Waals surface area contributed by atoms with Crippen molar-refractivity contribution in [2.45, 2.75) is 38.5 Å². The van der Waals surface area contributed by atoms with Crippen LogP contribution in [-0.4, -0.2) is 0 Å². The summed E-state index contributed by atoms with van der Waals surface area (Å²) < 4.78 is 13.4. The van der Waals surface area contributed by atoms with E-state index in [0.29, 0.717) is 0 Å². The van der Waals surface area contributed by atoms with Gasteiger partial charge in [0.1, 0.15) is 0 Å². The van der Waals surface area contributed by atoms with Gasteiger partial charge in [-0.25, -0.2) is 0 Å². The van der Waals surface area contributed by atoms with Crippen LogP contribution in [0.4, 0.5) is 0 Å². The van der Waals surface area contributed by atoms with E-state index in [1.165, 1.54) is 66.4 Å². The highest BCUT2D eigenvalue weighted by molar-refractivity contribution is 6.01. The minimum atomic E-state index is -0.357. The van der Waals surface area contributed by atoms with Crippen molar-refractivity contribution in [1.29, 1.82) is 0 Å². The molecule has 3 aliphatic rings. The number of hydrogen-bond acceptors (Lipinski definition) is 2. The average molecular weight is 817 g/mol. The number of allylic oxidation sites excluding steroid dienone is 6. The molecule has 0 saturated heterocycles. The first-order valence-electron chi connectivity index (χ1n) is 22.2. The van der Waals surface area contributed by atoms with E-state index in [1.807, 2.05) is 32.1 Å². The first-order valence-corrected chi connectivity index (χ1v) is 22.2. The molecule has 2 nitrogen and oxygen atoms in total. The second-order valence-corrected chi connectivity index (χ2v) is 16.0. The van der Waals surface area contributed by atoms with Gasteiger partial charge >= 0.3 is 0 Å². The van der Waals surface area contributed by atoms with Crippen LogP contribution < -0.4 is 9.47 Å². The molecule has 8 aromatic rings. The minimum Gasteiger partial charge on any atom is -0.450 e. The maximum absolute atomic E-state index is 6.86. The van der Waals surface area contributed by atoms with Crippen molar-refractivity contribution < 1.29 is 9.47 Å². The molecule has 0 saturated carbocycles. The molecule has 11 rings (SSSR count). The van der Waals surface area contributed by atoms with Crippen LogP contribution in [0.1, 0.15) is 65.6 Å². The van der Waals surface area contributed by atoms with Crippen molar-refractivity contribution >= 4 is 22.4 Å². The Labute approximate surface area is 372 Å². The Morgan fingerprint density at radius 3 is 1.87 bits per heavy atom. The quantitative estimate of drug-likeness (QED) is 0.160. The Morgan fingerprint density at radius 2 is 1.19 bits per heavy atom. The van der Waals surface area contributed by atoms with E-state index in [1.54, 1.807) is 0 Å². The third kappa shape index (κ3) is 7.64. The third-order valence-corrected chi connectivity index (χ3v) is 12.6. The molecule has 8 aromatic carbocycles. The van der Waals surface area contributed by atoms with Crippen LogP contribution in [0.3, 0.4) is 0 Å². The van der Waals surface area contributed by atoms with Gasteiger partial charge in [0.15, 0.2) is 23.0 Å². The predicted octanol–water partition coefficient (Wildman–Crippen LogP) is 16.6. The summed E-state index contributed by atoms with van der Waals surface area (Å²) in [6.45, 7) is 10.1. The standard InChI is InChI=1S/C41H32O2.C18H14.C2H6/c1-28(30-13-5-2-6-14-30)21-22-29-23-25-36-38(27-29)43-40-37(42-36)26-24-35-39(40)33-19-11-12-20-34(33)41(35,31-15-7-3-8-16-31)32-17-9-4-10-18-32;1-2-14-12-13-17(15-8-4-3-5-9-15)18-11-7-6-10-16(14)18;1-2/h2-21,23-27,33-34H,22H2,1H3;2-13H,1H2;1-2H3/b28-21+;;. The molecule has 0 amide bonds. The predicted molar refractivity (Wildman–Crippen MR) is 265 cm³/mol. The summed E-state index contributed by atoms with van der Waals surface area (Å²) in [5, 5.41) is 2.54. The van der Waals surface area contributed by atoms with E-state index in [9.17, 15) is 0 Å². The van der Waals surface area contributed by atoms with Gasteiger partial charge in [-0.3, -0.25) is 0 Å². The molecule has 2 atom stereocenters. The van der Waals surface area contributed by atoms with E-state index in [0.717, 1.165) is 29.4 Å². The first-order chi connectivity index (χ1) is 31.1. The highest BCUT2D eigenvalue weighted by Crippen LogP contribution is 2.64. The summed E-state index contributed by atoms with van der Waals surface area (Å²) in [6.07, 6.45) is 14.1. The molecule has 0 bridgehead atoms. The van der Waals surface area contributed by atoms with Crippen LogP contribution in [0.5, 0.6) is 23.0 Å². The number of hydrogen-bond donors (Lipinski definition) is 0. The highest BCUT2D eigenvalue weighted by atomic mass is 16.6. The molecular weight excluding hydrogens is 765 g/mol. The van der Waals surface area contributed by atoms with E-state index in [-0.39, 0.29) is 17.3 Å². The van der Waals surface area contributed by atoms with Crippen LogP contribution in [0.25, 0.3) is 33.5 Å². The molecule has 63 heavy (non-hydrogen) atoms. The zero-order valence-electron chi connectivity index (χ0n) is 36.2. The summed E-state index contributed by atoms with van der Waals surface area (Å²) in [4.78, 5) is 0. The van der Waals surface area contributed by atoms with Gasteiger partial charge in [0.05, 0.1) is 5.41 Å². The molecule has 0 fully saturated rings. The molecule has 2 aliphatic carbocycles. The molecule has 0 spiro atoms. The topological polar surface area (TPSA) is 18.5 Å². The van der Waals surface area contributed by atoms with E-state index >= 15 is 0 Å². The summed E-state index contributed by atoms with van der Waals surface area (Å²) in [7, 11) is 0. The lowest BCUT2D eigenvalue weighted by Gasteiger charge is -2.38. The smallest absolute Gasteiger partial charge is 0.174 e. The van der Waals surface area contributed by atoms with Crippen LogP contribution >= 0.6 is 0 Å². The van der Waals surface area contributed by atoms with Gasteiger partial charge in [-0.1, -0.05) is 227 Å². The Balaban J connectivity index is 0.000000210. The summed E-state index contributed by atoms with van der Waals surface area (Å²) in [6, 6.07) is 66.4. The average Bonchev–Trinajstić information content (AvgIpc) is 3.68. The summed E-state index contributed by atoms with van der Waals surface area (Å²) >= 11 is 0. The van der Waals surface area contributed by atoms with Crippen LogP contribution in [0.15, 0.2) is 225 Å². The zero-order chi connectivity index (χ0) is 43.2. The van der Waals surface area contributed by atoms with Gasteiger partial charge in [0, 0.05) is 17.4 Å². The third-order valence-electron chi connectivity index (χ3n) is 12.6. The van der Waals surface area contributed by atoms with Gasteiger partial charge in [-0.05, 0) is 92.4 Å². The molecule has 0 N–H and O–H groups in total. The van der Waals surface area contributed by atoms with E-state index in [2.05, 4.69) is 220 Å². The van der Waals surface area contributed by atoms with Crippen molar-refractivity contribution in [2.24, 2.45) is 5.92 Å². The second-order valence-electron chi connectivity index (χ2n) is 16.0. The summed E-state index contributed by atoms with van der Waals surface area (Å²) in [5.41, 5.74) is 12.1.